The van der Waals surface area contributed by atoms with Crippen LogP contribution in [0, 0.1) is 18.8 Å². The van der Waals surface area contributed by atoms with Crippen LogP contribution in [0.3, 0.4) is 0 Å². The molecule has 19 heavy (non-hydrogen) atoms. The van der Waals surface area contributed by atoms with Gasteiger partial charge in [0.2, 0.25) is 5.91 Å². The van der Waals surface area contributed by atoms with E-state index in [4.69, 9.17) is 0 Å². The van der Waals surface area contributed by atoms with Gasteiger partial charge in [-0.15, -0.1) is 11.3 Å². The molecular weight excluding hydrogens is 256 g/mol. The quantitative estimate of drug-likeness (QED) is 0.898. The maximum Gasteiger partial charge on any atom is 0.227 e. The summed E-state index contributed by atoms with van der Waals surface area (Å²) >= 11 is 1.74. The molecule has 1 aromatic rings. The number of carbonyl (C=O) groups is 1. The molecule has 1 amide bonds. The molecule has 0 aromatic carbocycles. The van der Waals surface area contributed by atoms with Crippen molar-refractivity contribution in [2.75, 3.05) is 26.2 Å². The Bertz CT molecular complexity index is 443. The average molecular weight is 278 g/mol. The second-order valence-corrected chi connectivity index (χ2v) is 7.20. The standard InChI is InChI=1S/C15H22N2OS/c1-11-2-3-14(19-11)8-15(18)17-6-4-12-9-16-10-13(12)5-7-17/h2-3,12-13,16H,4-10H2,1H3/t12-,13+. The first-order chi connectivity index (χ1) is 9.22. The number of hydrogen-bond donors (Lipinski definition) is 1. The molecule has 0 unspecified atom stereocenters. The minimum atomic E-state index is 0.315. The Labute approximate surface area is 119 Å². The minimum absolute atomic E-state index is 0.315. The highest BCUT2D eigenvalue weighted by Gasteiger charge is 2.31. The average Bonchev–Trinajstić information content (AvgIpc) is 2.94. The number of amides is 1. The van der Waals surface area contributed by atoms with Gasteiger partial charge in [-0.3, -0.25) is 4.79 Å². The third-order valence-electron chi connectivity index (χ3n) is 4.49. The predicted molar refractivity (Wildman–Crippen MR) is 78.4 cm³/mol. The van der Waals surface area contributed by atoms with E-state index in [0.29, 0.717) is 12.3 Å². The first-order valence-electron chi connectivity index (χ1n) is 7.26. The number of fused-ring (bicyclic) bond motifs is 1. The van der Waals surface area contributed by atoms with Crippen LogP contribution >= 0.6 is 11.3 Å². The van der Waals surface area contributed by atoms with Crippen LogP contribution in [0.15, 0.2) is 12.1 Å². The molecule has 3 nitrogen and oxygen atoms in total. The number of aryl methyl sites for hydroxylation is 1. The van der Waals surface area contributed by atoms with E-state index < -0.39 is 0 Å². The maximum absolute atomic E-state index is 12.4. The molecule has 2 atom stereocenters. The molecule has 2 aliphatic rings. The van der Waals surface area contributed by atoms with E-state index in [1.54, 1.807) is 11.3 Å². The first kappa shape index (κ1) is 13.1. The Morgan fingerprint density at radius 2 is 2.00 bits per heavy atom. The van der Waals surface area contributed by atoms with E-state index >= 15 is 0 Å². The summed E-state index contributed by atoms with van der Waals surface area (Å²) in [5.74, 6) is 1.90. The molecule has 3 rings (SSSR count). The molecule has 2 aliphatic heterocycles. The highest BCUT2D eigenvalue weighted by molar-refractivity contribution is 7.12. The summed E-state index contributed by atoms with van der Waals surface area (Å²) in [5.41, 5.74) is 0. The van der Waals surface area contributed by atoms with Crippen LogP contribution < -0.4 is 5.32 Å². The summed E-state index contributed by atoms with van der Waals surface area (Å²) in [4.78, 5) is 17.0. The lowest BCUT2D eigenvalue weighted by atomic mass is 9.92. The normalized spacial score (nSPS) is 27.1. The Kier molecular flexibility index (Phi) is 3.89. The van der Waals surface area contributed by atoms with Crippen molar-refractivity contribution in [1.82, 2.24) is 10.2 Å². The van der Waals surface area contributed by atoms with Crippen LogP contribution in [-0.4, -0.2) is 37.0 Å². The number of nitrogens with zero attached hydrogens (tertiary/aromatic N) is 1. The lowest BCUT2D eigenvalue weighted by molar-refractivity contribution is -0.130. The topological polar surface area (TPSA) is 32.3 Å². The molecule has 0 saturated carbocycles. The van der Waals surface area contributed by atoms with Crippen molar-refractivity contribution in [3.8, 4) is 0 Å². The zero-order valence-corrected chi connectivity index (χ0v) is 12.3. The monoisotopic (exact) mass is 278 g/mol. The molecule has 0 aliphatic carbocycles. The zero-order chi connectivity index (χ0) is 13.2. The molecule has 1 aromatic heterocycles. The van der Waals surface area contributed by atoms with Gasteiger partial charge in [-0.2, -0.15) is 0 Å². The van der Waals surface area contributed by atoms with Crippen molar-refractivity contribution in [1.29, 1.82) is 0 Å². The van der Waals surface area contributed by atoms with Crippen LogP contribution in [0.5, 0.6) is 0 Å². The number of thiophene rings is 1. The fourth-order valence-electron chi connectivity index (χ4n) is 3.31. The summed E-state index contributed by atoms with van der Waals surface area (Å²) < 4.78 is 0. The van der Waals surface area contributed by atoms with Gasteiger partial charge in [0.15, 0.2) is 0 Å². The van der Waals surface area contributed by atoms with Crippen molar-refractivity contribution in [2.45, 2.75) is 26.2 Å². The summed E-state index contributed by atoms with van der Waals surface area (Å²) in [6.45, 7) is 6.30. The van der Waals surface area contributed by atoms with E-state index in [0.717, 1.165) is 38.0 Å². The summed E-state index contributed by atoms with van der Waals surface area (Å²) in [6, 6.07) is 4.19. The number of hydrogen-bond acceptors (Lipinski definition) is 3. The van der Waals surface area contributed by atoms with Crippen LogP contribution in [0.1, 0.15) is 22.6 Å². The molecule has 104 valence electrons. The molecule has 0 bridgehead atoms. The number of rotatable bonds is 2. The Morgan fingerprint density at radius 3 is 2.58 bits per heavy atom. The summed E-state index contributed by atoms with van der Waals surface area (Å²) in [5, 5.41) is 3.48. The molecule has 0 spiro atoms. The second-order valence-electron chi connectivity index (χ2n) is 5.83. The molecule has 2 fully saturated rings. The SMILES string of the molecule is Cc1ccc(CC(=O)N2CC[C@@H]3CNC[C@@H]3CC2)s1. The second kappa shape index (κ2) is 5.63. The molecule has 2 saturated heterocycles. The van der Waals surface area contributed by atoms with Crippen LogP contribution in [0.25, 0.3) is 0 Å². The molecule has 0 radical (unpaired) electrons. The van der Waals surface area contributed by atoms with E-state index in [1.807, 2.05) is 0 Å². The van der Waals surface area contributed by atoms with Crippen molar-refractivity contribution in [2.24, 2.45) is 11.8 Å². The Morgan fingerprint density at radius 1 is 1.32 bits per heavy atom. The Hall–Kier alpha value is -0.870. The fourth-order valence-corrected chi connectivity index (χ4v) is 4.19. The summed E-state index contributed by atoms with van der Waals surface area (Å²) in [7, 11) is 0. The largest absolute Gasteiger partial charge is 0.342 e. The van der Waals surface area contributed by atoms with Gasteiger partial charge in [0, 0.05) is 22.8 Å². The van der Waals surface area contributed by atoms with Gasteiger partial charge < -0.3 is 10.2 Å². The number of nitrogens with one attached hydrogen (secondary N) is 1. The first-order valence-corrected chi connectivity index (χ1v) is 8.08. The lowest BCUT2D eigenvalue weighted by Crippen LogP contribution is -2.33. The van der Waals surface area contributed by atoms with Gasteiger partial charge >= 0.3 is 0 Å². The summed E-state index contributed by atoms with van der Waals surface area (Å²) in [6.07, 6.45) is 2.94. The minimum Gasteiger partial charge on any atom is -0.342 e. The highest BCUT2D eigenvalue weighted by atomic mass is 32.1. The molecular formula is C15H22N2OS. The predicted octanol–water partition coefficient (Wildman–Crippen LogP) is 2.06. The van der Waals surface area contributed by atoms with Crippen LogP contribution in [0.4, 0.5) is 0 Å². The van der Waals surface area contributed by atoms with Crippen molar-refractivity contribution in [3.05, 3.63) is 21.9 Å². The molecule has 4 heteroatoms. The van der Waals surface area contributed by atoms with E-state index in [9.17, 15) is 4.79 Å². The van der Waals surface area contributed by atoms with Crippen molar-refractivity contribution in [3.63, 3.8) is 0 Å². The zero-order valence-electron chi connectivity index (χ0n) is 11.5. The van der Waals surface area contributed by atoms with Gasteiger partial charge in [0.1, 0.15) is 0 Å². The van der Waals surface area contributed by atoms with Gasteiger partial charge in [-0.1, -0.05) is 0 Å². The number of likely N-dealkylation sites (tertiary alicyclic amines) is 1. The van der Waals surface area contributed by atoms with E-state index in [2.05, 4.69) is 29.3 Å². The van der Waals surface area contributed by atoms with Gasteiger partial charge in [-0.25, -0.2) is 0 Å². The third kappa shape index (κ3) is 3.00. The number of carbonyl (C=O) groups excluding carboxylic acids is 1. The fraction of sp³-hybridized carbons (Fsp3) is 0.667. The smallest absolute Gasteiger partial charge is 0.227 e. The molecule has 1 N–H and O–H groups in total. The van der Waals surface area contributed by atoms with Gasteiger partial charge in [0.25, 0.3) is 0 Å². The van der Waals surface area contributed by atoms with Crippen molar-refractivity contribution >= 4 is 17.2 Å². The van der Waals surface area contributed by atoms with Gasteiger partial charge in [0.05, 0.1) is 6.42 Å². The maximum atomic E-state index is 12.4. The van der Waals surface area contributed by atoms with Crippen molar-refractivity contribution < 1.29 is 4.79 Å². The van der Waals surface area contributed by atoms with E-state index in [-0.39, 0.29) is 0 Å². The van der Waals surface area contributed by atoms with Crippen LogP contribution in [0.2, 0.25) is 0 Å². The lowest BCUT2D eigenvalue weighted by Gasteiger charge is -2.20. The van der Waals surface area contributed by atoms with Crippen LogP contribution in [-0.2, 0) is 11.2 Å². The molecule has 3 heterocycles. The third-order valence-corrected chi connectivity index (χ3v) is 5.49. The van der Waals surface area contributed by atoms with E-state index in [1.165, 1.54) is 22.6 Å². The Balaban J connectivity index is 1.58. The highest BCUT2D eigenvalue weighted by Crippen LogP contribution is 2.27. The van der Waals surface area contributed by atoms with Gasteiger partial charge in [-0.05, 0) is 56.8 Å².